The zero-order valence-corrected chi connectivity index (χ0v) is 10.8. The van der Waals surface area contributed by atoms with Crippen LogP contribution in [0.25, 0.3) is 0 Å². The molecule has 0 radical (unpaired) electrons. The second-order valence-electron chi connectivity index (χ2n) is 4.71. The van der Waals surface area contributed by atoms with Gasteiger partial charge in [0.1, 0.15) is 5.75 Å². The predicted molar refractivity (Wildman–Crippen MR) is 68.6 cm³/mol. The predicted octanol–water partition coefficient (Wildman–Crippen LogP) is 1.39. The smallest absolute Gasteiger partial charge is 0.230 e. The summed E-state index contributed by atoms with van der Waals surface area (Å²) in [6.45, 7) is 2.38. The zero-order chi connectivity index (χ0) is 13.1. The summed E-state index contributed by atoms with van der Waals surface area (Å²) < 4.78 is 5.55. The highest BCUT2D eigenvalue weighted by atomic mass is 16.5. The van der Waals surface area contributed by atoms with Crippen molar-refractivity contribution in [3.05, 3.63) is 29.8 Å². The summed E-state index contributed by atoms with van der Waals surface area (Å²) in [6.07, 6.45) is 0.693. The first-order valence-electron chi connectivity index (χ1n) is 6.24. The Morgan fingerprint density at radius 1 is 1.56 bits per heavy atom. The maximum absolute atomic E-state index is 12.4. The molecular weight excluding hydrogens is 230 g/mol. The molecule has 1 N–H and O–H groups in total. The van der Waals surface area contributed by atoms with E-state index in [1.54, 1.807) is 11.9 Å². The number of fused-ring (bicyclic) bond motifs is 1. The van der Waals surface area contributed by atoms with Crippen LogP contribution in [0.15, 0.2) is 24.3 Å². The Hall–Kier alpha value is -1.55. The summed E-state index contributed by atoms with van der Waals surface area (Å²) in [4.78, 5) is 14.0. The van der Waals surface area contributed by atoms with Gasteiger partial charge in [-0.05, 0) is 19.4 Å². The number of hydrogen-bond acceptors (Lipinski definition) is 3. The molecule has 0 bridgehead atoms. The van der Waals surface area contributed by atoms with E-state index in [4.69, 9.17) is 9.84 Å². The molecule has 2 rings (SSSR count). The van der Waals surface area contributed by atoms with Crippen molar-refractivity contribution in [2.75, 3.05) is 20.3 Å². The third kappa shape index (κ3) is 2.34. The second-order valence-corrected chi connectivity index (χ2v) is 4.71. The van der Waals surface area contributed by atoms with Gasteiger partial charge in [0.25, 0.3) is 0 Å². The summed E-state index contributed by atoms with van der Waals surface area (Å²) >= 11 is 0. The summed E-state index contributed by atoms with van der Waals surface area (Å²) in [5, 5.41) is 9.13. The van der Waals surface area contributed by atoms with Gasteiger partial charge in [0.05, 0.1) is 25.2 Å². The molecule has 4 heteroatoms. The minimum atomic E-state index is -0.160. The molecule has 0 fully saturated rings. The third-order valence-corrected chi connectivity index (χ3v) is 3.53. The van der Waals surface area contributed by atoms with Crippen LogP contribution in [0.4, 0.5) is 0 Å². The van der Waals surface area contributed by atoms with Gasteiger partial charge in [0, 0.05) is 12.6 Å². The molecule has 1 amide bonds. The van der Waals surface area contributed by atoms with Gasteiger partial charge in [-0.1, -0.05) is 18.2 Å². The standard InChI is InChI=1S/C14H19NO3/c1-10(9-16)15(2)14(17)12-7-8-18-13-6-4-3-5-11(12)13/h3-6,10,12,16H,7-9H2,1-2H3. The minimum absolute atomic E-state index is 0.0207. The number of amides is 1. The first-order chi connectivity index (χ1) is 8.65. The first kappa shape index (κ1) is 12.9. The monoisotopic (exact) mass is 249 g/mol. The van der Waals surface area contributed by atoms with Gasteiger partial charge < -0.3 is 14.7 Å². The number of carbonyl (C=O) groups is 1. The molecule has 1 aromatic rings. The Morgan fingerprint density at radius 2 is 2.28 bits per heavy atom. The normalized spacial score (nSPS) is 19.6. The molecule has 1 aliphatic rings. The SMILES string of the molecule is CC(CO)N(C)C(=O)C1CCOc2ccccc21. The van der Waals surface area contributed by atoms with E-state index in [9.17, 15) is 4.79 Å². The molecule has 4 nitrogen and oxygen atoms in total. The second kappa shape index (κ2) is 5.40. The lowest BCUT2D eigenvalue weighted by atomic mass is 9.91. The summed E-state index contributed by atoms with van der Waals surface area (Å²) in [5.41, 5.74) is 0.950. The van der Waals surface area contributed by atoms with Crippen LogP contribution in [0, 0.1) is 0 Å². The van der Waals surface area contributed by atoms with Gasteiger partial charge in [0.15, 0.2) is 0 Å². The number of carbonyl (C=O) groups excluding carboxylic acids is 1. The first-order valence-corrected chi connectivity index (χ1v) is 6.24. The molecule has 0 saturated heterocycles. The average Bonchev–Trinajstić information content (AvgIpc) is 2.44. The van der Waals surface area contributed by atoms with Crippen molar-refractivity contribution in [1.82, 2.24) is 4.90 Å². The molecule has 18 heavy (non-hydrogen) atoms. The number of para-hydroxylation sites is 1. The van der Waals surface area contributed by atoms with Crippen molar-refractivity contribution >= 4 is 5.91 Å². The Bertz CT molecular complexity index is 433. The number of rotatable bonds is 3. The van der Waals surface area contributed by atoms with Crippen LogP contribution >= 0.6 is 0 Å². The van der Waals surface area contributed by atoms with Crippen LogP contribution in [0.2, 0.25) is 0 Å². The molecule has 0 spiro atoms. The van der Waals surface area contributed by atoms with Crippen LogP contribution in [-0.4, -0.2) is 42.2 Å². The van der Waals surface area contributed by atoms with Crippen molar-refractivity contribution in [1.29, 1.82) is 0 Å². The number of ether oxygens (including phenoxy) is 1. The van der Waals surface area contributed by atoms with Crippen molar-refractivity contribution < 1.29 is 14.6 Å². The van der Waals surface area contributed by atoms with Crippen LogP contribution in [-0.2, 0) is 4.79 Å². The lowest BCUT2D eigenvalue weighted by Crippen LogP contribution is -2.41. The maximum atomic E-state index is 12.4. The minimum Gasteiger partial charge on any atom is -0.493 e. The van der Waals surface area contributed by atoms with Crippen molar-refractivity contribution in [2.24, 2.45) is 0 Å². The fourth-order valence-electron chi connectivity index (χ4n) is 2.18. The van der Waals surface area contributed by atoms with Gasteiger partial charge in [-0.25, -0.2) is 0 Å². The zero-order valence-electron chi connectivity index (χ0n) is 10.8. The Labute approximate surface area is 107 Å². The topological polar surface area (TPSA) is 49.8 Å². The van der Waals surface area contributed by atoms with Gasteiger partial charge in [-0.2, -0.15) is 0 Å². The number of likely N-dealkylation sites (N-methyl/N-ethyl adjacent to an activating group) is 1. The van der Waals surface area contributed by atoms with E-state index in [1.165, 1.54) is 0 Å². The average molecular weight is 249 g/mol. The third-order valence-electron chi connectivity index (χ3n) is 3.53. The molecule has 98 valence electrons. The molecule has 1 aromatic carbocycles. The highest BCUT2D eigenvalue weighted by Gasteiger charge is 2.30. The highest BCUT2D eigenvalue weighted by molar-refractivity contribution is 5.84. The summed E-state index contributed by atoms with van der Waals surface area (Å²) in [7, 11) is 1.74. The highest BCUT2D eigenvalue weighted by Crippen LogP contribution is 2.34. The van der Waals surface area contributed by atoms with Crippen molar-refractivity contribution in [3.8, 4) is 5.75 Å². The fourth-order valence-corrected chi connectivity index (χ4v) is 2.18. The van der Waals surface area contributed by atoms with E-state index < -0.39 is 0 Å². The Kier molecular flexibility index (Phi) is 3.87. The van der Waals surface area contributed by atoms with Gasteiger partial charge in [-0.15, -0.1) is 0 Å². The van der Waals surface area contributed by atoms with Gasteiger partial charge in [0.2, 0.25) is 5.91 Å². The molecule has 1 aliphatic heterocycles. The lowest BCUT2D eigenvalue weighted by molar-refractivity contribution is -0.134. The number of aliphatic hydroxyl groups excluding tert-OH is 1. The molecule has 0 saturated carbocycles. The quantitative estimate of drug-likeness (QED) is 0.880. The van der Waals surface area contributed by atoms with E-state index in [-0.39, 0.29) is 24.5 Å². The summed E-state index contributed by atoms with van der Waals surface area (Å²) in [5.74, 6) is 0.688. The summed E-state index contributed by atoms with van der Waals surface area (Å²) in [6, 6.07) is 7.50. The lowest BCUT2D eigenvalue weighted by Gasteiger charge is -2.31. The molecule has 2 atom stereocenters. The van der Waals surface area contributed by atoms with Crippen LogP contribution in [0.3, 0.4) is 0 Å². The number of benzene rings is 1. The Morgan fingerprint density at radius 3 is 3.00 bits per heavy atom. The van der Waals surface area contributed by atoms with Crippen LogP contribution in [0.5, 0.6) is 5.75 Å². The molecule has 1 heterocycles. The van der Waals surface area contributed by atoms with E-state index in [0.29, 0.717) is 13.0 Å². The number of aliphatic hydroxyl groups is 1. The Balaban J connectivity index is 2.22. The number of nitrogens with zero attached hydrogens (tertiary/aromatic N) is 1. The van der Waals surface area contributed by atoms with Crippen molar-refractivity contribution in [3.63, 3.8) is 0 Å². The van der Waals surface area contributed by atoms with E-state index in [1.807, 2.05) is 31.2 Å². The largest absolute Gasteiger partial charge is 0.493 e. The maximum Gasteiger partial charge on any atom is 0.230 e. The van der Waals surface area contributed by atoms with Crippen molar-refractivity contribution in [2.45, 2.75) is 25.3 Å². The number of hydrogen-bond donors (Lipinski definition) is 1. The fraction of sp³-hybridized carbons (Fsp3) is 0.500. The molecular formula is C14H19NO3. The van der Waals surface area contributed by atoms with E-state index >= 15 is 0 Å². The molecule has 0 aromatic heterocycles. The molecule has 2 unspecified atom stereocenters. The van der Waals surface area contributed by atoms with Gasteiger partial charge in [-0.3, -0.25) is 4.79 Å². The van der Waals surface area contributed by atoms with Crippen LogP contribution < -0.4 is 4.74 Å². The van der Waals surface area contributed by atoms with Crippen LogP contribution in [0.1, 0.15) is 24.8 Å². The van der Waals surface area contributed by atoms with E-state index in [0.717, 1.165) is 11.3 Å². The van der Waals surface area contributed by atoms with Gasteiger partial charge >= 0.3 is 0 Å². The molecule has 0 aliphatic carbocycles. The van der Waals surface area contributed by atoms with E-state index in [2.05, 4.69) is 0 Å².